The summed E-state index contributed by atoms with van der Waals surface area (Å²) in [5.74, 6) is 0.596. The van der Waals surface area contributed by atoms with E-state index in [0.29, 0.717) is 12.5 Å². The fourth-order valence-corrected chi connectivity index (χ4v) is 1.60. The molecule has 0 bridgehead atoms. The van der Waals surface area contributed by atoms with Crippen LogP contribution in [0.3, 0.4) is 0 Å². The molecule has 0 unspecified atom stereocenters. The van der Waals surface area contributed by atoms with Crippen molar-refractivity contribution in [2.75, 3.05) is 33.7 Å². The van der Waals surface area contributed by atoms with Crippen LogP contribution in [0.25, 0.3) is 0 Å². The van der Waals surface area contributed by atoms with Crippen LogP contribution in [0, 0.1) is 0 Å². The van der Waals surface area contributed by atoms with E-state index in [2.05, 4.69) is 34.3 Å². The third-order valence-electron chi connectivity index (χ3n) is 2.83. The van der Waals surface area contributed by atoms with Gasteiger partial charge in [-0.15, -0.1) is 6.58 Å². The van der Waals surface area contributed by atoms with E-state index >= 15 is 0 Å². The second-order valence-electron chi connectivity index (χ2n) is 4.78. The van der Waals surface area contributed by atoms with E-state index in [-0.39, 0.29) is 12.5 Å². The predicted molar refractivity (Wildman–Crippen MR) is 87.3 cm³/mol. The highest BCUT2D eigenvalue weighted by Crippen LogP contribution is 1.98. The smallest absolute Gasteiger partial charge is 0.243 e. The molecule has 0 aromatic heterocycles. The zero-order valence-electron chi connectivity index (χ0n) is 12.8. The van der Waals surface area contributed by atoms with Crippen LogP contribution in [0.5, 0.6) is 0 Å². The summed E-state index contributed by atoms with van der Waals surface area (Å²) in [5, 5.41) is 6.32. The topological polar surface area (TPSA) is 56.7 Å². The summed E-state index contributed by atoms with van der Waals surface area (Å²) in [6.45, 7) is 5.15. The van der Waals surface area contributed by atoms with Gasteiger partial charge in [0.05, 0.1) is 0 Å². The van der Waals surface area contributed by atoms with E-state index < -0.39 is 0 Å². The Balaban J connectivity index is 2.47. The molecule has 0 saturated heterocycles. The van der Waals surface area contributed by atoms with Crippen LogP contribution in [0.4, 0.5) is 0 Å². The number of hydrogen-bond donors (Lipinski definition) is 2. The fourth-order valence-electron chi connectivity index (χ4n) is 1.60. The molecule has 0 aliphatic carbocycles. The van der Waals surface area contributed by atoms with Crippen molar-refractivity contribution in [2.45, 2.75) is 6.42 Å². The van der Waals surface area contributed by atoms with Gasteiger partial charge in [0.1, 0.15) is 6.54 Å². The van der Waals surface area contributed by atoms with Crippen molar-refractivity contribution in [1.29, 1.82) is 0 Å². The molecule has 1 aromatic carbocycles. The summed E-state index contributed by atoms with van der Waals surface area (Å²) in [6.07, 6.45) is 2.65. The van der Waals surface area contributed by atoms with E-state index in [4.69, 9.17) is 0 Å². The highest BCUT2D eigenvalue weighted by Gasteiger charge is 2.03. The third kappa shape index (κ3) is 7.15. The summed E-state index contributed by atoms with van der Waals surface area (Å²) < 4.78 is 0. The van der Waals surface area contributed by atoms with E-state index in [1.807, 2.05) is 18.2 Å². The first kappa shape index (κ1) is 16.8. The normalized spacial score (nSPS) is 10.9. The quantitative estimate of drug-likeness (QED) is 0.448. The van der Waals surface area contributed by atoms with Crippen LogP contribution in [0.15, 0.2) is 48.0 Å². The van der Waals surface area contributed by atoms with Crippen molar-refractivity contribution in [1.82, 2.24) is 15.5 Å². The lowest BCUT2D eigenvalue weighted by atomic mass is 10.1. The molecule has 21 heavy (non-hydrogen) atoms. The molecule has 0 aliphatic heterocycles. The molecule has 5 heteroatoms. The van der Waals surface area contributed by atoms with Gasteiger partial charge in [-0.25, -0.2) is 4.99 Å². The van der Waals surface area contributed by atoms with E-state index in [1.54, 1.807) is 20.2 Å². The number of carbonyl (C=O) groups is 1. The Morgan fingerprint density at radius 1 is 1.29 bits per heavy atom. The number of likely N-dealkylation sites (N-methyl/N-ethyl adjacent to an activating group) is 1. The van der Waals surface area contributed by atoms with Gasteiger partial charge < -0.3 is 15.5 Å². The molecule has 0 aliphatic rings. The highest BCUT2D eigenvalue weighted by atomic mass is 16.2. The zero-order valence-corrected chi connectivity index (χ0v) is 12.8. The van der Waals surface area contributed by atoms with Gasteiger partial charge in [0.25, 0.3) is 0 Å². The molecule has 2 N–H and O–H groups in total. The first-order valence-electron chi connectivity index (χ1n) is 7.00. The van der Waals surface area contributed by atoms with Crippen LogP contribution in [-0.4, -0.2) is 50.5 Å². The second-order valence-corrected chi connectivity index (χ2v) is 4.78. The largest absolute Gasteiger partial charge is 0.356 e. The van der Waals surface area contributed by atoms with Gasteiger partial charge in [-0.2, -0.15) is 0 Å². The lowest BCUT2D eigenvalue weighted by Gasteiger charge is -2.12. The third-order valence-corrected chi connectivity index (χ3v) is 2.83. The van der Waals surface area contributed by atoms with Gasteiger partial charge >= 0.3 is 0 Å². The van der Waals surface area contributed by atoms with E-state index in [9.17, 15) is 4.79 Å². The molecular formula is C16H24N4O. The Morgan fingerprint density at radius 2 is 2.00 bits per heavy atom. The molecule has 0 heterocycles. The molecule has 5 nitrogen and oxygen atoms in total. The van der Waals surface area contributed by atoms with Crippen LogP contribution in [0.2, 0.25) is 0 Å². The van der Waals surface area contributed by atoms with Crippen molar-refractivity contribution < 1.29 is 4.79 Å². The number of benzene rings is 1. The minimum absolute atomic E-state index is 0.0298. The molecule has 0 radical (unpaired) electrons. The molecule has 0 saturated carbocycles. The maximum atomic E-state index is 11.6. The molecule has 1 rings (SSSR count). The number of nitrogens with one attached hydrogen (secondary N) is 2. The Labute approximate surface area is 126 Å². The van der Waals surface area contributed by atoms with Crippen molar-refractivity contribution in [3.8, 4) is 0 Å². The summed E-state index contributed by atoms with van der Waals surface area (Å²) in [6, 6.07) is 10.2. The van der Waals surface area contributed by atoms with Gasteiger partial charge in [0.2, 0.25) is 5.91 Å². The predicted octanol–water partition coefficient (Wildman–Crippen LogP) is 1.04. The Kier molecular flexibility index (Phi) is 7.64. The number of amides is 1. The molecule has 114 valence electrons. The summed E-state index contributed by atoms with van der Waals surface area (Å²) in [7, 11) is 3.44. The number of guanidine groups is 1. The van der Waals surface area contributed by atoms with Crippen LogP contribution in [0.1, 0.15) is 5.56 Å². The minimum atomic E-state index is -0.0298. The number of nitrogens with zero attached hydrogens (tertiary/aromatic N) is 2. The zero-order chi connectivity index (χ0) is 15.5. The van der Waals surface area contributed by atoms with Crippen molar-refractivity contribution in [2.24, 2.45) is 4.99 Å². The molecular weight excluding hydrogens is 264 g/mol. The van der Waals surface area contributed by atoms with Crippen molar-refractivity contribution in [3.63, 3.8) is 0 Å². The minimum Gasteiger partial charge on any atom is -0.356 e. The molecule has 0 fully saturated rings. The summed E-state index contributed by atoms with van der Waals surface area (Å²) in [4.78, 5) is 17.4. The van der Waals surface area contributed by atoms with Gasteiger partial charge in [-0.3, -0.25) is 4.79 Å². The first-order valence-corrected chi connectivity index (χ1v) is 7.00. The Hall–Kier alpha value is -2.30. The Bertz CT molecular complexity index is 468. The summed E-state index contributed by atoms with van der Waals surface area (Å²) in [5.41, 5.74) is 1.26. The number of aliphatic imine (C=N–C) groups is 1. The highest BCUT2D eigenvalue weighted by molar-refractivity contribution is 5.84. The summed E-state index contributed by atoms with van der Waals surface area (Å²) >= 11 is 0. The SMILES string of the molecule is C=CCNC(=NCC(=O)N(C)C)NCCc1ccccc1. The second kappa shape index (κ2) is 9.58. The molecule has 1 amide bonds. The van der Waals surface area contributed by atoms with Crippen LogP contribution >= 0.6 is 0 Å². The van der Waals surface area contributed by atoms with Crippen LogP contribution < -0.4 is 10.6 Å². The Morgan fingerprint density at radius 3 is 2.62 bits per heavy atom. The average Bonchev–Trinajstić information content (AvgIpc) is 2.50. The maximum Gasteiger partial charge on any atom is 0.243 e. The molecule has 0 atom stereocenters. The standard InChI is InChI=1S/C16H24N4O/c1-4-11-17-16(19-13-15(21)20(2)3)18-12-10-14-8-6-5-7-9-14/h4-9H,1,10-13H2,2-3H3,(H2,17,18,19). The fraction of sp³-hybridized carbons (Fsp3) is 0.375. The van der Waals surface area contributed by atoms with E-state index in [0.717, 1.165) is 13.0 Å². The van der Waals surface area contributed by atoms with Gasteiger partial charge in [-0.05, 0) is 12.0 Å². The van der Waals surface area contributed by atoms with Gasteiger partial charge in [-0.1, -0.05) is 36.4 Å². The van der Waals surface area contributed by atoms with Crippen LogP contribution in [-0.2, 0) is 11.2 Å². The number of hydrogen-bond acceptors (Lipinski definition) is 2. The monoisotopic (exact) mass is 288 g/mol. The number of rotatable bonds is 7. The lowest BCUT2D eigenvalue weighted by molar-refractivity contribution is -0.127. The van der Waals surface area contributed by atoms with Crippen molar-refractivity contribution >= 4 is 11.9 Å². The average molecular weight is 288 g/mol. The van der Waals surface area contributed by atoms with E-state index in [1.165, 1.54) is 10.5 Å². The lowest BCUT2D eigenvalue weighted by Crippen LogP contribution is -2.39. The maximum absolute atomic E-state index is 11.6. The molecule has 0 spiro atoms. The van der Waals surface area contributed by atoms with Crippen molar-refractivity contribution in [3.05, 3.63) is 48.6 Å². The number of carbonyl (C=O) groups excluding carboxylic acids is 1. The first-order chi connectivity index (χ1) is 10.1. The molecule has 1 aromatic rings. The van der Waals surface area contributed by atoms with Gasteiger partial charge in [0.15, 0.2) is 5.96 Å². The van der Waals surface area contributed by atoms with Gasteiger partial charge in [0, 0.05) is 27.2 Å².